The van der Waals surface area contributed by atoms with Crippen LogP contribution in [0.3, 0.4) is 0 Å². The Morgan fingerprint density at radius 1 is 1.12 bits per heavy atom. The van der Waals surface area contributed by atoms with Gasteiger partial charge in [0.05, 0.1) is 18.2 Å². The van der Waals surface area contributed by atoms with Crippen LogP contribution in [0.25, 0.3) is 0 Å². The summed E-state index contributed by atoms with van der Waals surface area (Å²) < 4.78 is 19.2. The number of urea groups is 1. The summed E-state index contributed by atoms with van der Waals surface area (Å²) >= 11 is 0. The van der Waals surface area contributed by atoms with Crippen molar-refractivity contribution in [1.29, 1.82) is 0 Å². The normalized spacial score (nSPS) is 19.0. The first kappa shape index (κ1) is 23.8. The molecule has 1 atom stereocenters. The number of halogens is 1. The fraction of sp³-hybridized carbons (Fsp3) is 0.385. The van der Waals surface area contributed by atoms with E-state index < -0.39 is 23.9 Å². The SMILES string of the molecule is CCOC(=O)C1=C(CN2CCN(c3cc(C)ccc3C)CC2)NC(=O)N[C@@H]1c1cccc(F)c1. The van der Waals surface area contributed by atoms with Crippen molar-refractivity contribution in [3.05, 3.63) is 76.2 Å². The number of benzene rings is 2. The zero-order valence-corrected chi connectivity index (χ0v) is 19.9. The minimum atomic E-state index is -0.783. The molecule has 34 heavy (non-hydrogen) atoms. The Bertz CT molecular complexity index is 1110. The van der Waals surface area contributed by atoms with Gasteiger partial charge in [0.15, 0.2) is 0 Å². The zero-order chi connectivity index (χ0) is 24.2. The second kappa shape index (κ2) is 10.3. The van der Waals surface area contributed by atoms with Gasteiger partial charge in [-0.05, 0) is 55.7 Å². The standard InChI is InChI=1S/C26H31FN4O3/c1-4-34-25(32)23-21(28-26(33)29-24(23)19-6-5-7-20(27)15-19)16-30-10-12-31(13-11-30)22-14-17(2)8-9-18(22)3/h5-9,14-15,24H,4,10-13,16H2,1-3H3,(H2,28,29,33)/t24-/m1/s1. The molecule has 1 fully saturated rings. The number of rotatable bonds is 6. The summed E-state index contributed by atoms with van der Waals surface area (Å²) in [6, 6.07) is 11.2. The van der Waals surface area contributed by atoms with E-state index in [1.807, 2.05) is 0 Å². The summed E-state index contributed by atoms with van der Waals surface area (Å²) in [6.07, 6.45) is 0. The fourth-order valence-electron chi connectivity index (χ4n) is 4.56. The van der Waals surface area contributed by atoms with Crippen LogP contribution < -0.4 is 15.5 Å². The minimum Gasteiger partial charge on any atom is -0.463 e. The van der Waals surface area contributed by atoms with Crippen LogP contribution in [-0.4, -0.2) is 56.2 Å². The second-order valence-corrected chi connectivity index (χ2v) is 8.75. The maximum atomic E-state index is 13.9. The van der Waals surface area contributed by atoms with Crippen molar-refractivity contribution in [2.24, 2.45) is 0 Å². The molecule has 0 saturated carbocycles. The molecule has 0 aliphatic carbocycles. The van der Waals surface area contributed by atoms with Gasteiger partial charge < -0.3 is 20.3 Å². The molecule has 2 aliphatic rings. The number of hydrogen-bond acceptors (Lipinski definition) is 5. The number of piperazine rings is 1. The number of hydrogen-bond donors (Lipinski definition) is 2. The topological polar surface area (TPSA) is 73.9 Å². The molecule has 0 unspecified atom stereocenters. The third-order valence-electron chi connectivity index (χ3n) is 6.29. The average molecular weight is 467 g/mol. The predicted molar refractivity (Wildman–Crippen MR) is 129 cm³/mol. The van der Waals surface area contributed by atoms with Crippen molar-refractivity contribution < 1.29 is 18.7 Å². The smallest absolute Gasteiger partial charge is 0.338 e. The van der Waals surface area contributed by atoms with Gasteiger partial charge in [-0.25, -0.2) is 14.0 Å². The third-order valence-corrected chi connectivity index (χ3v) is 6.29. The van der Waals surface area contributed by atoms with Gasteiger partial charge in [0.1, 0.15) is 5.82 Å². The van der Waals surface area contributed by atoms with Gasteiger partial charge in [-0.15, -0.1) is 0 Å². The maximum absolute atomic E-state index is 13.9. The van der Waals surface area contributed by atoms with Crippen molar-refractivity contribution in [2.75, 3.05) is 44.2 Å². The Morgan fingerprint density at radius 2 is 1.88 bits per heavy atom. The van der Waals surface area contributed by atoms with E-state index in [0.717, 1.165) is 26.2 Å². The molecule has 0 radical (unpaired) electrons. The van der Waals surface area contributed by atoms with Crippen LogP contribution in [0.4, 0.5) is 14.9 Å². The molecule has 0 aromatic heterocycles. The van der Waals surface area contributed by atoms with Crippen LogP contribution in [0.1, 0.15) is 29.7 Å². The van der Waals surface area contributed by atoms with Gasteiger partial charge in [-0.1, -0.05) is 24.3 Å². The number of amides is 2. The molecule has 2 amide bonds. The molecular formula is C26H31FN4O3. The first-order chi connectivity index (χ1) is 16.4. The van der Waals surface area contributed by atoms with E-state index >= 15 is 0 Å². The summed E-state index contributed by atoms with van der Waals surface area (Å²) in [4.78, 5) is 30.0. The monoisotopic (exact) mass is 466 g/mol. The molecule has 7 nitrogen and oxygen atoms in total. The summed E-state index contributed by atoms with van der Waals surface area (Å²) in [5.74, 6) is -0.953. The van der Waals surface area contributed by atoms with Crippen LogP contribution in [0.5, 0.6) is 0 Å². The molecule has 2 aromatic carbocycles. The number of anilines is 1. The number of carbonyl (C=O) groups is 2. The molecule has 0 spiro atoms. The van der Waals surface area contributed by atoms with Crippen LogP contribution in [0.15, 0.2) is 53.7 Å². The number of nitrogens with one attached hydrogen (secondary N) is 2. The predicted octanol–water partition coefficient (Wildman–Crippen LogP) is 3.44. The van der Waals surface area contributed by atoms with E-state index in [2.05, 4.69) is 52.5 Å². The largest absolute Gasteiger partial charge is 0.463 e. The van der Waals surface area contributed by atoms with Crippen molar-refractivity contribution in [2.45, 2.75) is 26.8 Å². The van der Waals surface area contributed by atoms with Gasteiger partial charge in [0, 0.05) is 44.1 Å². The number of carbonyl (C=O) groups excluding carboxylic acids is 2. The highest BCUT2D eigenvalue weighted by Gasteiger charge is 2.35. The minimum absolute atomic E-state index is 0.202. The van der Waals surface area contributed by atoms with Crippen LogP contribution in [0, 0.1) is 19.7 Å². The quantitative estimate of drug-likeness (QED) is 0.638. The Balaban J connectivity index is 1.56. The highest BCUT2D eigenvalue weighted by Crippen LogP contribution is 2.29. The molecule has 2 aliphatic heterocycles. The van der Waals surface area contributed by atoms with Gasteiger partial charge in [-0.3, -0.25) is 4.90 Å². The lowest BCUT2D eigenvalue weighted by Gasteiger charge is -2.38. The lowest BCUT2D eigenvalue weighted by Crippen LogP contribution is -2.52. The van der Waals surface area contributed by atoms with Crippen LogP contribution in [0.2, 0.25) is 0 Å². The summed E-state index contributed by atoms with van der Waals surface area (Å²) in [5, 5.41) is 5.56. The van der Waals surface area contributed by atoms with E-state index in [1.165, 1.54) is 28.9 Å². The maximum Gasteiger partial charge on any atom is 0.338 e. The summed E-state index contributed by atoms with van der Waals surface area (Å²) in [6.45, 7) is 9.78. The van der Waals surface area contributed by atoms with Gasteiger partial charge in [-0.2, -0.15) is 0 Å². The molecule has 2 aromatic rings. The molecule has 0 bridgehead atoms. The Kier molecular flexibility index (Phi) is 7.17. The van der Waals surface area contributed by atoms with E-state index in [1.54, 1.807) is 19.1 Å². The number of esters is 1. The number of ether oxygens (including phenoxy) is 1. The number of nitrogens with zero attached hydrogens (tertiary/aromatic N) is 2. The highest BCUT2D eigenvalue weighted by atomic mass is 19.1. The number of aryl methyl sites for hydroxylation is 2. The Labute approximate surface area is 199 Å². The molecule has 1 saturated heterocycles. The second-order valence-electron chi connectivity index (χ2n) is 8.75. The van der Waals surface area contributed by atoms with E-state index in [4.69, 9.17) is 4.74 Å². The Hall–Kier alpha value is -3.39. The van der Waals surface area contributed by atoms with Crippen molar-refractivity contribution in [3.8, 4) is 0 Å². The van der Waals surface area contributed by atoms with E-state index in [-0.39, 0.29) is 6.61 Å². The third kappa shape index (κ3) is 5.22. The van der Waals surface area contributed by atoms with Crippen molar-refractivity contribution in [3.63, 3.8) is 0 Å². The lowest BCUT2D eigenvalue weighted by molar-refractivity contribution is -0.139. The van der Waals surface area contributed by atoms with Gasteiger partial charge in [0.2, 0.25) is 0 Å². The molecule has 180 valence electrons. The first-order valence-corrected chi connectivity index (χ1v) is 11.6. The molecule has 2 N–H and O–H groups in total. The first-order valence-electron chi connectivity index (χ1n) is 11.6. The average Bonchev–Trinajstić information content (AvgIpc) is 2.81. The molecule has 8 heteroatoms. The van der Waals surface area contributed by atoms with Crippen molar-refractivity contribution in [1.82, 2.24) is 15.5 Å². The van der Waals surface area contributed by atoms with Gasteiger partial charge >= 0.3 is 12.0 Å². The summed E-state index contributed by atoms with van der Waals surface area (Å²) in [5.41, 5.74) is 5.02. The van der Waals surface area contributed by atoms with Gasteiger partial charge in [0.25, 0.3) is 0 Å². The molecular weight excluding hydrogens is 435 g/mol. The van der Waals surface area contributed by atoms with E-state index in [9.17, 15) is 14.0 Å². The van der Waals surface area contributed by atoms with Crippen LogP contribution in [-0.2, 0) is 9.53 Å². The molecule has 2 heterocycles. The van der Waals surface area contributed by atoms with Crippen LogP contribution >= 0.6 is 0 Å². The van der Waals surface area contributed by atoms with E-state index in [0.29, 0.717) is 23.4 Å². The Morgan fingerprint density at radius 3 is 2.59 bits per heavy atom. The highest BCUT2D eigenvalue weighted by molar-refractivity contribution is 5.95. The zero-order valence-electron chi connectivity index (χ0n) is 19.9. The fourth-order valence-corrected chi connectivity index (χ4v) is 4.56. The lowest BCUT2D eigenvalue weighted by atomic mass is 9.94. The molecule has 4 rings (SSSR count). The van der Waals surface area contributed by atoms with Crippen molar-refractivity contribution >= 4 is 17.7 Å². The summed E-state index contributed by atoms with van der Waals surface area (Å²) in [7, 11) is 0.